The minimum Gasteiger partial charge on any atom is -0.477 e. The van der Waals surface area contributed by atoms with Gasteiger partial charge in [-0.3, -0.25) is 14.2 Å². The minimum atomic E-state index is -1.38. The molecule has 0 bridgehead atoms. The molecule has 0 amide bonds. The van der Waals surface area contributed by atoms with E-state index in [4.69, 9.17) is 9.84 Å². The van der Waals surface area contributed by atoms with E-state index in [0.717, 1.165) is 17.1 Å². The molecular weight excluding hydrogens is 240 g/mol. The summed E-state index contributed by atoms with van der Waals surface area (Å²) in [6.07, 6.45) is 2.04. The van der Waals surface area contributed by atoms with Crippen LogP contribution in [-0.2, 0) is 16.1 Å². The standard InChI is InChI=1S/C11H14N2O5/c1-11(2,3)18-8(14)5-13-6-12-4-7(9(13)15)10(16)17/h4,6H,5H2,1-3H3,(H,16,17). The number of carbonyl (C=O) groups is 2. The van der Waals surface area contributed by atoms with Crippen LogP contribution in [0.3, 0.4) is 0 Å². The van der Waals surface area contributed by atoms with Gasteiger partial charge in [0.2, 0.25) is 0 Å². The fourth-order valence-corrected chi connectivity index (χ4v) is 1.22. The van der Waals surface area contributed by atoms with Crippen LogP contribution in [0.1, 0.15) is 31.1 Å². The maximum Gasteiger partial charge on any atom is 0.342 e. The smallest absolute Gasteiger partial charge is 0.342 e. The molecule has 0 atom stereocenters. The normalized spacial score (nSPS) is 11.1. The Balaban J connectivity index is 2.93. The van der Waals surface area contributed by atoms with Crippen molar-refractivity contribution in [3.05, 3.63) is 28.4 Å². The molecule has 7 heteroatoms. The van der Waals surface area contributed by atoms with E-state index in [1.807, 2.05) is 0 Å². The van der Waals surface area contributed by atoms with Crippen molar-refractivity contribution in [2.45, 2.75) is 32.9 Å². The number of aromatic nitrogens is 2. The third-order valence-corrected chi connectivity index (χ3v) is 1.85. The van der Waals surface area contributed by atoms with Gasteiger partial charge in [0, 0.05) is 6.20 Å². The van der Waals surface area contributed by atoms with Crippen LogP contribution in [0, 0.1) is 0 Å². The number of rotatable bonds is 3. The molecule has 0 fully saturated rings. The molecular formula is C11H14N2O5. The highest BCUT2D eigenvalue weighted by atomic mass is 16.6. The molecule has 0 aliphatic carbocycles. The monoisotopic (exact) mass is 254 g/mol. The van der Waals surface area contributed by atoms with Crippen molar-refractivity contribution in [1.29, 1.82) is 0 Å². The number of carbonyl (C=O) groups excluding carboxylic acids is 1. The van der Waals surface area contributed by atoms with Crippen LogP contribution >= 0.6 is 0 Å². The molecule has 98 valence electrons. The number of ether oxygens (including phenoxy) is 1. The number of hydrogen-bond donors (Lipinski definition) is 1. The second-order valence-electron chi connectivity index (χ2n) is 4.63. The van der Waals surface area contributed by atoms with Crippen molar-refractivity contribution in [1.82, 2.24) is 9.55 Å². The number of esters is 1. The van der Waals surface area contributed by atoms with Crippen molar-refractivity contribution in [3.63, 3.8) is 0 Å². The predicted molar refractivity (Wildman–Crippen MR) is 61.3 cm³/mol. The quantitative estimate of drug-likeness (QED) is 0.778. The van der Waals surface area contributed by atoms with Crippen LogP contribution in [0.5, 0.6) is 0 Å². The van der Waals surface area contributed by atoms with E-state index in [2.05, 4.69) is 4.98 Å². The Bertz CT molecular complexity index is 527. The van der Waals surface area contributed by atoms with Crippen molar-refractivity contribution in [2.75, 3.05) is 0 Å². The highest BCUT2D eigenvalue weighted by molar-refractivity contribution is 5.86. The maximum atomic E-state index is 11.6. The van der Waals surface area contributed by atoms with Gasteiger partial charge < -0.3 is 9.84 Å². The SMILES string of the molecule is CC(C)(C)OC(=O)Cn1cncc(C(=O)O)c1=O. The van der Waals surface area contributed by atoms with Crippen LogP contribution in [0.4, 0.5) is 0 Å². The van der Waals surface area contributed by atoms with Crippen LogP contribution in [-0.4, -0.2) is 32.2 Å². The molecule has 0 aliphatic heterocycles. The third kappa shape index (κ3) is 3.69. The highest BCUT2D eigenvalue weighted by Gasteiger charge is 2.18. The topological polar surface area (TPSA) is 98.5 Å². The molecule has 1 rings (SSSR count). The van der Waals surface area contributed by atoms with E-state index in [9.17, 15) is 14.4 Å². The molecule has 0 radical (unpaired) electrons. The Morgan fingerprint density at radius 1 is 1.44 bits per heavy atom. The summed E-state index contributed by atoms with van der Waals surface area (Å²) < 4.78 is 5.92. The Kier molecular flexibility index (Phi) is 3.85. The molecule has 1 N–H and O–H groups in total. The summed E-state index contributed by atoms with van der Waals surface area (Å²) in [6.45, 7) is 4.71. The molecule has 0 saturated carbocycles. The molecule has 0 saturated heterocycles. The zero-order valence-electron chi connectivity index (χ0n) is 10.3. The zero-order chi connectivity index (χ0) is 13.9. The second-order valence-corrected chi connectivity index (χ2v) is 4.63. The van der Waals surface area contributed by atoms with E-state index in [1.165, 1.54) is 0 Å². The summed E-state index contributed by atoms with van der Waals surface area (Å²) >= 11 is 0. The van der Waals surface area contributed by atoms with Gasteiger partial charge in [-0.15, -0.1) is 0 Å². The lowest BCUT2D eigenvalue weighted by Gasteiger charge is -2.19. The van der Waals surface area contributed by atoms with E-state index >= 15 is 0 Å². The average molecular weight is 254 g/mol. The fourth-order valence-electron chi connectivity index (χ4n) is 1.22. The van der Waals surface area contributed by atoms with Gasteiger partial charge >= 0.3 is 11.9 Å². The fraction of sp³-hybridized carbons (Fsp3) is 0.455. The summed E-state index contributed by atoms with van der Waals surface area (Å²) in [4.78, 5) is 37.5. The van der Waals surface area contributed by atoms with Crippen LogP contribution < -0.4 is 5.56 Å². The summed E-state index contributed by atoms with van der Waals surface area (Å²) in [5.41, 5.74) is -1.94. The lowest BCUT2D eigenvalue weighted by Crippen LogP contribution is -2.32. The number of aromatic carboxylic acids is 1. The Morgan fingerprint density at radius 3 is 2.56 bits per heavy atom. The molecule has 0 aromatic carbocycles. The van der Waals surface area contributed by atoms with Crippen molar-refractivity contribution in [3.8, 4) is 0 Å². The third-order valence-electron chi connectivity index (χ3n) is 1.85. The summed E-state index contributed by atoms with van der Waals surface area (Å²) in [6, 6.07) is 0. The van der Waals surface area contributed by atoms with Crippen LogP contribution in [0.2, 0.25) is 0 Å². The number of nitrogens with zero attached hydrogens (tertiary/aromatic N) is 2. The molecule has 0 aliphatic rings. The number of hydrogen-bond acceptors (Lipinski definition) is 5. The first-order valence-electron chi connectivity index (χ1n) is 5.20. The van der Waals surface area contributed by atoms with Gasteiger partial charge in [0.05, 0.1) is 6.33 Å². The molecule has 7 nitrogen and oxygen atoms in total. The molecule has 1 aromatic heterocycles. The second kappa shape index (κ2) is 4.99. The van der Waals surface area contributed by atoms with E-state index in [1.54, 1.807) is 20.8 Å². The van der Waals surface area contributed by atoms with Gasteiger partial charge in [-0.25, -0.2) is 9.78 Å². The Morgan fingerprint density at radius 2 is 2.06 bits per heavy atom. The Hall–Kier alpha value is -2.18. The van der Waals surface area contributed by atoms with Crippen molar-refractivity contribution < 1.29 is 19.4 Å². The summed E-state index contributed by atoms with van der Waals surface area (Å²) in [7, 11) is 0. The van der Waals surface area contributed by atoms with Gasteiger partial charge in [-0.05, 0) is 20.8 Å². The number of carboxylic acids is 1. The van der Waals surface area contributed by atoms with E-state index in [0.29, 0.717) is 0 Å². The zero-order valence-corrected chi connectivity index (χ0v) is 10.3. The molecule has 18 heavy (non-hydrogen) atoms. The lowest BCUT2D eigenvalue weighted by molar-refractivity contribution is -0.155. The largest absolute Gasteiger partial charge is 0.477 e. The van der Waals surface area contributed by atoms with Crippen LogP contribution in [0.25, 0.3) is 0 Å². The molecule has 1 aromatic rings. The van der Waals surface area contributed by atoms with Crippen molar-refractivity contribution >= 4 is 11.9 Å². The van der Waals surface area contributed by atoms with E-state index in [-0.39, 0.29) is 6.54 Å². The first-order valence-corrected chi connectivity index (χ1v) is 5.20. The van der Waals surface area contributed by atoms with Gasteiger partial charge in [0.25, 0.3) is 5.56 Å². The summed E-state index contributed by atoms with van der Waals surface area (Å²) in [5, 5.41) is 8.74. The Labute approximate surface area is 103 Å². The van der Waals surface area contributed by atoms with Gasteiger partial charge in [0.15, 0.2) is 0 Å². The van der Waals surface area contributed by atoms with Gasteiger partial charge in [0.1, 0.15) is 17.7 Å². The predicted octanol–water partition coefficient (Wildman–Crippen LogP) is 0.283. The minimum absolute atomic E-state index is 0.371. The molecule has 0 unspecified atom stereocenters. The van der Waals surface area contributed by atoms with Crippen molar-refractivity contribution in [2.24, 2.45) is 0 Å². The van der Waals surface area contributed by atoms with E-state index < -0.39 is 28.7 Å². The molecule has 1 heterocycles. The van der Waals surface area contributed by atoms with Gasteiger partial charge in [-0.1, -0.05) is 0 Å². The molecule has 0 spiro atoms. The average Bonchev–Trinajstić information content (AvgIpc) is 2.17. The lowest BCUT2D eigenvalue weighted by atomic mass is 10.2. The first-order chi connectivity index (χ1) is 8.20. The summed E-state index contributed by atoms with van der Waals surface area (Å²) in [5.74, 6) is -2.01. The first kappa shape index (κ1) is 13.9. The number of carboxylic acid groups (broad SMARTS) is 1. The van der Waals surface area contributed by atoms with Crippen LogP contribution in [0.15, 0.2) is 17.3 Å². The van der Waals surface area contributed by atoms with Gasteiger partial charge in [-0.2, -0.15) is 0 Å². The highest BCUT2D eigenvalue weighted by Crippen LogP contribution is 2.07. The maximum absolute atomic E-state index is 11.6.